The molecule has 0 saturated heterocycles. The molecule has 3 N–H and O–H groups in total. The number of fused-ring (bicyclic) bond motifs is 1. The molecule has 3 aromatic rings. The summed E-state index contributed by atoms with van der Waals surface area (Å²) in [6, 6.07) is 11.7. The van der Waals surface area contributed by atoms with E-state index in [1.807, 2.05) is 24.3 Å². The second-order valence-corrected chi connectivity index (χ2v) is 13.2. The van der Waals surface area contributed by atoms with Crippen LogP contribution >= 0.6 is 39.1 Å². The highest BCUT2D eigenvalue weighted by molar-refractivity contribution is 9.10. The molecule has 1 amide bonds. The zero-order valence-electron chi connectivity index (χ0n) is 20.0. The van der Waals surface area contributed by atoms with Gasteiger partial charge in [-0.15, -0.1) is 0 Å². The Balaban J connectivity index is 1.63. The van der Waals surface area contributed by atoms with Gasteiger partial charge >= 0.3 is 0 Å². The number of nitrogens with one attached hydrogen (secondary N) is 1. The fraction of sp³-hybridized carbons (Fsp3) is 0.360. The third-order valence-electron chi connectivity index (χ3n) is 7.04. The third-order valence-corrected chi connectivity index (χ3v) is 9.45. The van der Waals surface area contributed by atoms with Crippen LogP contribution in [0.4, 0.5) is 11.6 Å². The number of aromatic nitrogens is 2. The molecule has 1 aliphatic carbocycles. The van der Waals surface area contributed by atoms with Crippen LogP contribution in [0.3, 0.4) is 0 Å². The molecule has 37 heavy (non-hydrogen) atoms. The van der Waals surface area contributed by atoms with E-state index < -0.39 is 15.6 Å². The minimum atomic E-state index is -4.06. The van der Waals surface area contributed by atoms with Crippen molar-refractivity contribution in [2.45, 2.75) is 61.7 Å². The molecule has 0 radical (unpaired) electrons. The number of imidazole rings is 1. The minimum Gasteiger partial charge on any atom is -0.326 e. The quantitative estimate of drug-likeness (QED) is 0.394. The van der Waals surface area contributed by atoms with Crippen molar-refractivity contribution in [2.24, 2.45) is 5.73 Å². The number of rotatable bonds is 6. The van der Waals surface area contributed by atoms with E-state index in [9.17, 15) is 13.2 Å². The van der Waals surface area contributed by atoms with Crippen molar-refractivity contribution >= 4 is 66.7 Å². The Bertz CT molecular complexity index is 1440. The van der Waals surface area contributed by atoms with Gasteiger partial charge in [-0.2, -0.15) is 0 Å². The first-order chi connectivity index (χ1) is 17.5. The third kappa shape index (κ3) is 4.95. The fourth-order valence-electron chi connectivity index (χ4n) is 5.19. The Morgan fingerprint density at radius 3 is 2.43 bits per heavy atom. The number of hydrogen-bond donors (Lipinski definition) is 2. The van der Waals surface area contributed by atoms with Crippen molar-refractivity contribution in [3.63, 3.8) is 0 Å². The summed E-state index contributed by atoms with van der Waals surface area (Å²) in [5, 5.41) is 0.593. The van der Waals surface area contributed by atoms with E-state index in [0.717, 1.165) is 29.3 Å². The van der Waals surface area contributed by atoms with Gasteiger partial charge in [0.05, 0.1) is 11.9 Å². The predicted molar refractivity (Wildman–Crippen MR) is 148 cm³/mol. The fourth-order valence-corrected chi connectivity index (χ4v) is 7.49. The summed E-state index contributed by atoms with van der Waals surface area (Å²) in [7, 11) is -4.06. The Hall–Kier alpha value is -1.95. The highest BCUT2D eigenvalue weighted by Gasteiger charge is 2.52. The number of halogens is 3. The van der Waals surface area contributed by atoms with Gasteiger partial charge in [0.25, 0.3) is 15.9 Å². The number of anilines is 2. The molecule has 0 bridgehead atoms. The van der Waals surface area contributed by atoms with Crippen molar-refractivity contribution < 1.29 is 13.2 Å². The standard InChI is InChI=1S/C25H26BrCl2N5O3S/c1-25(13-15-6-8-16(26)9-7-15)23(34)32(19-11-17(27)10-18(28)12-19)24-30-14-22(33(24)25)37(35,36)31-21-5-3-2-4-20(21)29/h6-12,14,20-21,31H,2-5,13,29H2,1H3. The largest absolute Gasteiger partial charge is 0.326 e. The van der Waals surface area contributed by atoms with E-state index in [0.29, 0.717) is 22.2 Å². The molecule has 1 aromatic heterocycles. The SMILES string of the molecule is CC1(Cc2ccc(Br)cc2)C(=O)N(c2cc(Cl)cc(Cl)c2)c2ncc(S(=O)(=O)NC3CCCCC3N)n21. The summed E-state index contributed by atoms with van der Waals surface area (Å²) < 4.78 is 32.6. The molecule has 0 spiro atoms. The van der Waals surface area contributed by atoms with E-state index in [1.54, 1.807) is 25.1 Å². The first kappa shape index (κ1) is 26.6. The molecule has 1 fully saturated rings. The van der Waals surface area contributed by atoms with E-state index in [2.05, 4.69) is 25.6 Å². The number of benzene rings is 2. The van der Waals surface area contributed by atoms with Crippen LogP contribution in [0, 0.1) is 0 Å². The van der Waals surface area contributed by atoms with Crippen molar-refractivity contribution in [2.75, 3.05) is 4.90 Å². The monoisotopic (exact) mass is 625 g/mol. The maximum Gasteiger partial charge on any atom is 0.260 e. The van der Waals surface area contributed by atoms with Crippen LogP contribution in [-0.4, -0.2) is 36.0 Å². The van der Waals surface area contributed by atoms with Crippen LogP contribution in [0.1, 0.15) is 38.2 Å². The van der Waals surface area contributed by atoms with Gasteiger partial charge < -0.3 is 5.73 Å². The molecule has 1 saturated carbocycles. The Kier molecular flexibility index (Phi) is 7.19. The lowest BCUT2D eigenvalue weighted by atomic mass is 9.92. The van der Waals surface area contributed by atoms with Gasteiger partial charge in [-0.05, 0) is 55.7 Å². The van der Waals surface area contributed by atoms with Crippen molar-refractivity contribution in [3.05, 3.63) is 68.7 Å². The van der Waals surface area contributed by atoms with Gasteiger partial charge in [-0.1, -0.05) is 64.1 Å². The van der Waals surface area contributed by atoms with Crippen LogP contribution in [0.2, 0.25) is 10.0 Å². The highest BCUT2D eigenvalue weighted by Crippen LogP contribution is 2.44. The Labute approximate surface area is 234 Å². The highest BCUT2D eigenvalue weighted by atomic mass is 79.9. The molecule has 8 nitrogen and oxygen atoms in total. The van der Waals surface area contributed by atoms with E-state index in [1.165, 1.54) is 15.7 Å². The summed E-state index contributed by atoms with van der Waals surface area (Å²) in [5.74, 6) is -0.168. The molecule has 2 aromatic carbocycles. The van der Waals surface area contributed by atoms with Crippen LogP contribution < -0.4 is 15.4 Å². The molecule has 2 aliphatic rings. The molecule has 3 atom stereocenters. The van der Waals surface area contributed by atoms with Crippen molar-refractivity contribution in [1.29, 1.82) is 0 Å². The molecule has 2 heterocycles. The first-order valence-corrected chi connectivity index (χ1v) is 14.9. The van der Waals surface area contributed by atoms with Gasteiger partial charge in [0.1, 0.15) is 5.54 Å². The average Bonchev–Trinajstić information content (AvgIpc) is 3.35. The zero-order chi connectivity index (χ0) is 26.5. The number of carbonyl (C=O) groups is 1. The molecule has 196 valence electrons. The number of nitrogens with zero attached hydrogens (tertiary/aromatic N) is 3. The molecule has 3 unspecified atom stereocenters. The Morgan fingerprint density at radius 2 is 1.78 bits per heavy atom. The van der Waals surface area contributed by atoms with E-state index in [-0.39, 0.29) is 35.4 Å². The van der Waals surface area contributed by atoms with Gasteiger partial charge in [0.15, 0.2) is 5.03 Å². The number of sulfonamides is 1. The Morgan fingerprint density at radius 1 is 1.14 bits per heavy atom. The normalized spacial score (nSPS) is 23.9. The maximum atomic E-state index is 14.1. The summed E-state index contributed by atoms with van der Waals surface area (Å²) >= 11 is 15.9. The second kappa shape index (κ2) is 9.98. The summed E-state index contributed by atoms with van der Waals surface area (Å²) in [6.45, 7) is 1.72. The lowest BCUT2D eigenvalue weighted by Gasteiger charge is -2.30. The van der Waals surface area contributed by atoms with Crippen molar-refractivity contribution in [1.82, 2.24) is 14.3 Å². The first-order valence-electron chi connectivity index (χ1n) is 11.9. The number of carbonyl (C=O) groups excluding carboxylic acids is 1. The lowest BCUT2D eigenvalue weighted by Crippen LogP contribution is -2.50. The average molecular weight is 627 g/mol. The van der Waals surface area contributed by atoms with Gasteiger partial charge in [-0.25, -0.2) is 23.0 Å². The van der Waals surface area contributed by atoms with Crippen molar-refractivity contribution in [3.8, 4) is 0 Å². The minimum absolute atomic E-state index is 0.0936. The summed E-state index contributed by atoms with van der Waals surface area (Å²) in [5.41, 5.74) is 6.19. The number of amides is 1. The smallest absolute Gasteiger partial charge is 0.260 e. The second-order valence-electron chi connectivity index (χ2n) is 9.75. The van der Waals surface area contributed by atoms with E-state index >= 15 is 0 Å². The maximum absolute atomic E-state index is 14.1. The van der Waals surface area contributed by atoms with Crippen LogP contribution in [-0.2, 0) is 26.8 Å². The number of nitrogens with two attached hydrogens (primary N) is 1. The molecule has 5 rings (SSSR count). The zero-order valence-corrected chi connectivity index (χ0v) is 23.9. The van der Waals surface area contributed by atoms with Gasteiger partial charge in [0, 0.05) is 33.0 Å². The number of hydrogen-bond acceptors (Lipinski definition) is 5. The van der Waals surface area contributed by atoms with Gasteiger partial charge in [0.2, 0.25) is 5.95 Å². The predicted octanol–water partition coefficient (Wildman–Crippen LogP) is 5.14. The molecule has 12 heteroatoms. The van der Waals surface area contributed by atoms with Crippen LogP contribution in [0.25, 0.3) is 0 Å². The molecular weight excluding hydrogens is 601 g/mol. The van der Waals surface area contributed by atoms with E-state index in [4.69, 9.17) is 28.9 Å². The van der Waals surface area contributed by atoms with Crippen LogP contribution in [0.15, 0.2) is 58.2 Å². The van der Waals surface area contributed by atoms with Gasteiger partial charge in [-0.3, -0.25) is 9.36 Å². The molecule has 1 aliphatic heterocycles. The summed E-state index contributed by atoms with van der Waals surface area (Å²) in [6.07, 6.45) is 4.80. The van der Waals surface area contributed by atoms with Crippen LogP contribution in [0.5, 0.6) is 0 Å². The summed E-state index contributed by atoms with van der Waals surface area (Å²) in [4.78, 5) is 19.9. The molecular formula is C25H26BrCl2N5O3S. The lowest BCUT2D eigenvalue weighted by molar-refractivity contribution is -0.124. The topological polar surface area (TPSA) is 110 Å².